The Balaban J connectivity index is 1.38. The molecule has 2 saturated carbocycles. The quantitative estimate of drug-likeness (QED) is 0.0940. The highest BCUT2D eigenvalue weighted by atomic mass is 127. The van der Waals surface area contributed by atoms with E-state index in [2.05, 4.69) is 18.7 Å². The van der Waals surface area contributed by atoms with Crippen LogP contribution in [0.1, 0.15) is 86.0 Å². The SMILES string of the molecule is C=CCC/C=C/C1CCC(C2CCC(c3ccc(-c4ccc(C(=O)I)c(F)c4F)c(F)c3F)CC2)CC1. The smallest absolute Gasteiger partial charge is 0.225 e. The number of hydrogen-bond acceptors (Lipinski definition) is 1. The van der Waals surface area contributed by atoms with Crippen LogP contribution in [0.2, 0.25) is 0 Å². The van der Waals surface area contributed by atoms with Gasteiger partial charge in [0.05, 0.1) is 5.56 Å². The van der Waals surface area contributed by atoms with Crippen molar-refractivity contribution in [1.82, 2.24) is 0 Å². The molecule has 37 heavy (non-hydrogen) atoms. The van der Waals surface area contributed by atoms with E-state index < -0.39 is 38.2 Å². The van der Waals surface area contributed by atoms with Crippen molar-refractivity contribution < 1.29 is 22.4 Å². The normalized spacial score (nSPS) is 24.4. The van der Waals surface area contributed by atoms with Crippen molar-refractivity contribution in [2.45, 2.75) is 70.1 Å². The van der Waals surface area contributed by atoms with Crippen LogP contribution in [0, 0.1) is 41.0 Å². The molecule has 0 saturated heterocycles. The molecule has 2 fully saturated rings. The third-order valence-corrected chi connectivity index (χ3v) is 8.92. The molecule has 0 aliphatic heterocycles. The van der Waals surface area contributed by atoms with E-state index in [-0.39, 0.29) is 11.5 Å². The van der Waals surface area contributed by atoms with Crippen molar-refractivity contribution in [3.63, 3.8) is 0 Å². The maximum Gasteiger partial charge on any atom is 0.225 e. The number of allylic oxidation sites excluding steroid dienone is 3. The molecule has 0 unspecified atom stereocenters. The molecule has 0 spiro atoms. The van der Waals surface area contributed by atoms with Crippen LogP contribution >= 0.6 is 22.6 Å². The van der Waals surface area contributed by atoms with Gasteiger partial charge in [0.2, 0.25) is 3.79 Å². The predicted octanol–water partition coefficient (Wildman–Crippen LogP) is 10.1. The van der Waals surface area contributed by atoms with Crippen LogP contribution in [-0.4, -0.2) is 3.79 Å². The van der Waals surface area contributed by atoms with Crippen LogP contribution in [0.4, 0.5) is 17.6 Å². The van der Waals surface area contributed by atoms with E-state index in [9.17, 15) is 13.6 Å². The summed E-state index contributed by atoms with van der Waals surface area (Å²) in [5.74, 6) is -2.94. The minimum absolute atomic E-state index is 0.0791. The number of benzene rings is 2. The van der Waals surface area contributed by atoms with E-state index in [1.807, 2.05) is 6.08 Å². The van der Waals surface area contributed by atoms with Gasteiger partial charge >= 0.3 is 0 Å². The number of rotatable bonds is 8. The summed E-state index contributed by atoms with van der Waals surface area (Å²) in [6.45, 7) is 3.76. The Morgan fingerprint density at radius 1 is 0.784 bits per heavy atom. The van der Waals surface area contributed by atoms with Gasteiger partial charge in [-0.05, 0) is 99.5 Å². The molecule has 2 aliphatic rings. The van der Waals surface area contributed by atoms with E-state index >= 15 is 8.78 Å². The van der Waals surface area contributed by atoms with Gasteiger partial charge in [-0.15, -0.1) is 6.58 Å². The second-order valence-corrected chi connectivity index (χ2v) is 11.5. The van der Waals surface area contributed by atoms with Gasteiger partial charge in [0, 0.05) is 33.7 Å². The maximum atomic E-state index is 15.2. The molecule has 1 nitrogen and oxygen atoms in total. The molecule has 2 aromatic carbocycles. The topological polar surface area (TPSA) is 17.1 Å². The molecule has 0 atom stereocenters. The number of carbonyl (C=O) groups excluding carboxylic acids is 1. The molecular formula is C31H33F4IO. The van der Waals surface area contributed by atoms with Gasteiger partial charge in [-0.2, -0.15) is 0 Å². The highest BCUT2D eigenvalue weighted by molar-refractivity contribution is 14.1. The van der Waals surface area contributed by atoms with Gasteiger partial charge in [0.15, 0.2) is 23.3 Å². The fourth-order valence-corrected chi connectivity index (χ4v) is 6.63. The second-order valence-electron chi connectivity index (χ2n) is 10.5. The van der Waals surface area contributed by atoms with Gasteiger partial charge in [-0.1, -0.05) is 36.4 Å². The summed E-state index contributed by atoms with van der Waals surface area (Å²) in [5, 5.41) is 0. The highest BCUT2D eigenvalue weighted by Crippen LogP contribution is 2.45. The van der Waals surface area contributed by atoms with Gasteiger partial charge in [-0.25, -0.2) is 17.6 Å². The van der Waals surface area contributed by atoms with E-state index in [0.29, 0.717) is 23.3 Å². The zero-order chi connectivity index (χ0) is 26.5. The number of halogens is 5. The molecule has 0 aromatic heterocycles. The summed E-state index contributed by atoms with van der Waals surface area (Å²) in [6.07, 6.45) is 17.2. The van der Waals surface area contributed by atoms with Gasteiger partial charge in [-0.3, -0.25) is 4.79 Å². The van der Waals surface area contributed by atoms with Crippen molar-refractivity contribution in [3.8, 4) is 11.1 Å². The van der Waals surface area contributed by atoms with E-state index in [1.165, 1.54) is 60.4 Å². The molecule has 0 amide bonds. The Bertz CT molecular complexity index is 1160. The lowest BCUT2D eigenvalue weighted by molar-refractivity contribution is 0.110. The highest BCUT2D eigenvalue weighted by Gasteiger charge is 2.32. The summed E-state index contributed by atoms with van der Waals surface area (Å²) >= 11 is 1.36. The molecule has 6 heteroatoms. The largest absolute Gasteiger partial charge is 0.282 e. The predicted molar refractivity (Wildman–Crippen MR) is 149 cm³/mol. The second kappa shape index (κ2) is 12.7. The fourth-order valence-electron chi connectivity index (χ4n) is 6.21. The maximum absolute atomic E-state index is 15.2. The summed E-state index contributed by atoms with van der Waals surface area (Å²) in [6, 6.07) is 5.06. The standard InChI is InChI=1S/C31H33F4IO/c1-2-3-4-5-6-19-7-9-20(10-8-19)21-11-13-22(14-12-21)23-15-16-24(28(33)27(23)32)25-17-18-26(31(36)37)30(35)29(25)34/h2,5-6,15-22H,1,3-4,7-14H2/b6-5+. The third kappa shape index (κ3) is 6.37. The van der Waals surface area contributed by atoms with Crippen molar-refractivity contribution in [2.24, 2.45) is 17.8 Å². The Morgan fingerprint density at radius 2 is 1.35 bits per heavy atom. The third-order valence-electron chi connectivity index (χ3n) is 8.34. The van der Waals surface area contributed by atoms with Crippen LogP contribution in [0.25, 0.3) is 11.1 Å². The van der Waals surface area contributed by atoms with E-state index in [4.69, 9.17) is 0 Å². The Morgan fingerprint density at radius 3 is 1.95 bits per heavy atom. The molecule has 2 aromatic rings. The molecule has 4 rings (SSSR count). The molecule has 198 valence electrons. The van der Waals surface area contributed by atoms with Crippen molar-refractivity contribution in [3.05, 3.63) is 83.5 Å². The minimum Gasteiger partial charge on any atom is -0.282 e. The first-order valence-electron chi connectivity index (χ1n) is 13.2. The first-order chi connectivity index (χ1) is 17.8. The van der Waals surface area contributed by atoms with Gasteiger partial charge in [0.1, 0.15) is 0 Å². The Labute approximate surface area is 230 Å². The summed E-state index contributed by atoms with van der Waals surface area (Å²) in [4.78, 5) is 11.4. The van der Waals surface area contributed by atoms with Crippen LogP contribution in [0.15, 0.2) is 49.1 Å². The first kappa shape index (κ1) is 28.1. The van der Waals surface area contributed by atoms with Crippen LogP contribution in [-0.2, 0) is 0 Å². The monoisotopic (exact) mass is 624 g/mol. The lowest BCUT2D eigenvalue weighted by Gasteiger charge is -2.37. The average molecular weight is 624 g/mol. The number of hydrogen-bond donors (Lipinski definition) is 0. The Hall–Kier alpha value is -1.96. The molecule has 0 radical (unpaired) electrons. The lowest BCUT2D eigenvalue weighted by Crippen LogP contribution is -2.25. The lowest BCUT2D eigenvalue weighted by atomic mass is 9.68. The fraction of sp³-hybridized carbons (Fsp3) is 0.452. The molecule has 0 heterocycles. The molecule has 0 N–H and O–H groups in total. The van der Waals surface area contributed by atoms with Gasteiger partial charge in [0.25, 0.3) is 0 Å². The van der Waals surface area contributed by atoms with Crippen molar-refractivity contribution in [2.75, 3.05) is 0 Å². The van der Waals surface area contributed by atoms with Crippen molar-refractivity contribution in [1.29, 1.82) is 0 Å². The summed E-state index contributed by atoms with van der Waals surface area (Å²) in [5.41, 5.74) is -0.844. The molecular weight excluding hydrogens is 591 g/mol. The van der Waals surface area contributed by atoms with E-state index in [0.717, 1.165) is 50.7 Å². The summed E-state index contributed by atoms with van der Waals surface area (Å²) in [7, 11) is 0. The number of carbonyl (C=O) groups is 1. The zero-order valence-electron chi connectivity index (χ0n) is 20.9. The zero-order valence-corrected chi connectivity index (χ0v) is 23.1. The summed E-state index contributed by atoms with van der Waals surface area (Å²) < 4.78 is 58.4. The van der Waals surface area contributed by atoms with Crippen LogP contribution < -0.4 is 0 Å². The molecule has 2 aliphatic carbocycles. The van der Waals surface area contributed by atoms with Crippen LogP contribution in [0.3, 0.4) is 0 Å². The molecule has 0 bridgehead atoms. The van der Waals surface area contributed by atoms with Gasteiger partial charge < -0.3 is 0 Å². The van der Waals surface area contributed by atoms with Crippen molar-refractivity contribution >= 4 is 26.4 Å². The minimum atomic E-state index is -1.35. The average Bonchev–Trinajstić information content (AvgIpc) is 2.90. The first-order valence-corrected chi connectivity index (χ1v) is 14.3. The Kier molecular flexibility index (Phi) is 9.65. The van der Waals surface area contributed by atoms with Crippen LogP contribution in [0.5, 0.6) is 0 Å². The number of unbranched alkanes of at least 4 members (excludes halogenated alkanes) is 1. The van der Waals surface area contributed by atoms with E-state index in [1.54, 1.807) is 0 Å².